The molecule has 0 aliphatic heterocycles. The van der Waals surface area contributed by atoms with E-state index in [1.807, 2.05) is 0 Å². The van der Waals surface area contributed by atoms with Gasteiger partial charge in [0.15, 0.2) is 0 Å². The monoisotopic (exact) mass is 303 g/mol. The third-order valence-electron chi connectivity index (χ3n) is 1.93. The predicted molar refractivity (Wildman–Crippen MR) is 55.3 cm³/mol. The zero-order valence-corrected chi connectivity index (χ0v) is 9.99. The lowest BCUT2D eigenvalue weighted by atomic mass is 10.3. The molecule has 1 N–H and O–H groups in total. The molecule has 0 bridgehead atoms. The highest BCUT2D eigenvalue weighted by Crippen LogP contribution is 2.36. The highest BCUT2D eigenvalue weighted by molar-refractivity contribution is 7.12. The lowest BCUT2D eigenvalue weighted by molar-refractivity contribution is -0.267. The van der Waals surface area contributed by atoms with Crippen molar-refractivity contribution in [1.82, 2.24) is 0 Å². The molecule has 0 radical (unpaired) electrons. The van der Waals surface area contributed by atoms with E-state index in [-0.39, 0.29) is 4.88 Å². The second-order valence-corrected chi connectivity index (χ2v) is 4.10. The molecule has 0 saturated heterocycles. The molecule has 106 valence electrons. The van der Waals surface area contributed by atoms with Crippen LogP contribution in [0.1, 0.15) is 9.67 Å². The number of ether oxygens (including phenoxy) is 1. The molecule has 0 fully saturated rings. The van der Waals surface area contributed by atoms with Crippen molar-refractivity contribution in [2.24, 2.45) is 0 Å². The number of carbonyl (C=O) groups excluding carboxylic acids is 2. The number of esters is 1. The van der Waals surface area contributed by atoms with Crippen LogP contribution in [0.15, 0.2) is 11.4 Å². The maximum Gasteiger partial charge on any atom is 0.463 e. The first-order chi connectivity index (χ1) is 8.61. The van der Waals surface area contributed by atoms with Crippen LogP contribution in [-0.4, -0.2) is 31.1 Å². The first-order valence-electron chi connectivity index (χ1n) is 4.53. The summed E-state index contributed by atoms with van der Waals surface area (Å²) in [4.78, 5) is 21.8. The smallest absolute Gasteiger partial charge is 0.463 e. The number of thiophene rings is 1. The number of amides is 1. The van der Waals surface area contributed by atoms with Gasteiger partial charge in [0.1, 0.15) is 4.88 Å². The fourth-order valence-electron chi connectivity index (χ4n) is 0.988. The number of methoxy groups -OCH3 is 1. The molecule has 1 rings (SSSR count). The summed E-state index contributed by atoms with van der Waals surface area (Å²) in [6.45, 7) is 0. The number of hydrogen-bond acceptors (Lipinski definition) is 4. The summed E-state index contributed by atoms with van der Waals surface area (Å²) < 4.78 is 65.5. The molecule has 1 amide bonds. The minimum absolute atomic E-state index is 0.283. The van der Waals surface area contributed by atoms with Crippen molar-refractivity contribution in [2.75, 3.05) is 12.4 Å². The SMILES string of the molecule is COC(=O)c1sccc1NC(=O)C(F)(F)C(F)(F)F. The van der Waals surface area contributed by atoms with E-state index in [0.29, 0.717) is 0 Å². The van der Waals surface area contributed by atoms with Gasteiger partial charge in [0.25, 0.3) is 0 Å². The molecule has 1 aromatic heterocycles. The van der Waals surface area contributed by atoms with E-state index >= 15 is 0 Å². The van der Waals surface area contributed by atoms with Gasteiger partial charge in [0.05, 0.1) is 12.8 Å². The summed E-state index contributed by atoms with van der Waals surface area (Å²) in [5.41, 5.74) is -0.467. The Hall–Kier alpha value is -1.71. The van der Waals surface area contributed by atoms with Gasteiger partial charge in [0, 0.05) is 0 Å². The van der Waals surface area contributed by atoms with Crippen molar-refractivity contribution < 1.29 is 36.3 Å². The molecule has 0 aliphatic carbocycles. The number of nitrogens with one attached hydrogen (secondary N) is 1. The number of rotatable bonds is 3. The molecule has 0 spiro atoms. The van der Waals surface area contributed by atoms with E-state index in [4.69, 9.17) is 0 Å². The van der Waals surface area contributed by atoms with Crippen LogP contribution in [0.4, 0.5) is 27.6 Å². The molecule has 0 unspecified atom stereocenters. The van der Waals surface area contributed by atoms with Crippen molar-refractivity contribution in [1.29, 1.82) is 0 Å². The summed E-state index contributed by atoms with van der Waals surface area (Å²) in [6, 6.07) is 1.02. The number of anilines is 1. The van der Waals surface area contributed by atoms with Crippen LogP contribution in [0.5, 0.6) is 0 Å². The summed E-state index contributed by atoms with van der Waals surface area (Å²) >= 11 is 0.727. The van der Waals surface area contributed by atoms with Crippen molar-refractivity contribution in [3.8, 4) is 0 Å². The Kier molecular flexibility index (Phi) is 4.13. The Morgan fingerprint density at radius 2 is 1.84 bits per heavy atom. The molecule has 10 heteroatoms. The molecular weight excluding hydrogens is 297 g/mol. The topological polar surface area (TPSA) is 55.4 Å². The minimum Gasteiger partial charge on any atom is -0.465 e. The third-order valence-corrected chi connectivity index (χ3v) is 2.82. The van der Waals surface area contributed by atoms with E-state index in [1.165, 1.54) is 10.7 Å². The Morgan fingerprint density at radius 1 is 1.26 bits per heavy atom. The number of carbonyl (C=O) groups is 2. The third kappa shape index (κ3) is 3.00. The number of hydrogen-bond donors (Lipinski definition) is 1. The van der Waals surface area contributed by atoms with Crippen molar-refractivity contribution >= 4 is 28.9 Å². The number of halogens is 5. The highest BCUT2D eigenvalue weighted by Gasteiger charge is 2.63. The van der Waals surface area contributed by atoms with E-state index < -0.39 is 29.7 Å². The van der Waals surface area contributed by atoms with Crippen molar-refractivity contribution in [3.05, 3.63) is 16.3 Å². The number of alkyl halides is 5. The van der Waals surface area contributed by atoms with Gasteiger partial charge in [-0.15, -0.1) is 11.3 Å². The van der Waals surface area contributed by atoms with E-state index in [1.54, 1.807) is 0 Å². The fraction of sp³-hybridized carbons (Fsp3) is 0.333. The average molecular weight is 303 g/mol. The van der Waals surface area contributed by atoms with Crippen LogP contribution in [-0.2, 0) is 9.53 Å². The second-order valence-electron chi connectivity index (χ2n) is 3.18. The van der Waals surface area contributed by atoms with Crippen LogP contribution in [0.25, 0.3) is 0 Å². The van der Waals surface area contributed by atoms with E-state index in [0.717, 1.165) is 24.5 Å². The van der Waals surface area contributed by atoms with Gasteiger partial charge < -0.3 is 10.1 Å². The van der Waals surface area contributed by atoms with Gasteiger partial charge in [-0.2, -0.15) is 22.0 Å². The van der Waals surface area contributed by atoms with Crippen molar-refractivity contribution in [2.45, 2.75) is 12.1 Å². The maximum atomic E-state index is 12.7. The van der Waals surface area contributed by atoms with E-state index in [2.05, 4.69) is 4.74 Å². The van der Waals surface area contributed by atoms with Gasteiger partial charge in [-0.1, -0.05) is 0 Å². The Labute approximate surface area is 107 Å². The molecular formula is C9H6F5NO3S. The molecule has 0 saturated carbocycles. The van der Waals surface area contributed by atoms with Gasteiger partial charge in [0.2, 0.25) is 0 Å². The first-order valence-corrected chi connectivity index (χ1v) is 5.41. The standard InChI is InChI=1S/C9H6F5NO3S/c1-18-6(16)5-4(2-3-19-5)15-7(17)8(10,11)9(12,13)14/h2-3H,1H3,(H,15,17). The first kappa shape index (κ1) is 15.3. The summed E-state index contributed by atoms with van der Waals surface area (Å²) in [7, 11) is 0.998. The largest absolute Gasteiger partial charge is 0.465 e. The van der Waals surface area contributed by atoms with Gasteiger partial charge >= 0.3 is 24.0 Å². The van der Waals surface area contributed by atoms with Crippen LogP contribution < -0.4 is 5.32 Å². The van der Waals surface area contributed by atoms with Crippen LogP contribution in [0.3, 0.4) is 0 Å². The fourth-order valence-corrected chi connectivity index (χ4v) is 1.75. The van der Waals surface area contributed by atoms with Crippen LogP contribution in [0.2, 0.25) is 0 Å². The Balaban J connectivity index is 2.96. The molecule has 1 aromatic rings. The van der Waals surface area contributed by atoms with Crippen molar-refractivity contribution in [3.63, 3.8) is 0 Å². The van der Waals surface area contributed by atoms with Gasteiger partial charge in [-0.25, -0.2) is 4.79 Å². The molecule has 1 heterocycles. The average Bonchev–Trinajstić information content (AvgIpc) is 2.74. The zero-order chi connectivity index (χ0) is 14.8. The Bertz CT molecular complexity index is 496. The second kappa shape index (κ2) is 5.11. The molecule has 0 atom stereocenters. The molecule has 0 aromatic carbocycles. The van der Waals surface area contributed by atoms with E-state index in [9.17, 15) is 31.5 Å². The van der Waals surface area contributed by atoms with Gasteiger partial charge in [-0.3, -0.25) is 4.79 Å². The molecule has 0 aliphatic rings. The summed E-state index contributed by atoms with van der Waals surface area (Å²) in [6.07, 6.45) is -6.02. The maximum absolute atomic E-state index is 12.7. The quantitative estimate of drug-likeness (QED) is 0.690. The van der Waals surface area contributed by atoms with Crippen LogP contribution >= 0.6 is 11.3 Å². The van der Waals surface area contributed by atoms with Gasteiger partial charge in [-0.05, 0) is 11.4 Å². The normalized spacial score (nSPS) is 12.1. The van der Waals surface area contributed by atoms with Crippen LogP contribution in [0, 0.1) is 0 Å². The molecule has 19 heavy (non-hydrogen) atoms. The summed E-state index contributed by atoms with van der Waals surface area (Å²) in [5, 5.41) is 2.58. The lowest BCUT2D eigenvalue weighted by Gasteiger charge is -2.18. The minimum atomic E-state index is -6.02. The Morgan fingerprint density at radius 3 is 2.32 bits per heavy atom. The lowest BCUT2D eigenvalue weighted by Crippen LogP contribution is -2.47. The summed E-state index contributed by atoms with van der Waals surface area (Å²) in [5.74, 6) is -9.08. The predicted octanol–water partition coefficient (Wildman–Crippen LogP) is 2.67. The molecule has 4 nitrogen and oxygen atoms in total. The highest BCUT2D eigenvalue weighted by atomic mass is 32.1. The zero-order valence-electron chi connectivity index (χ0n) is 9.18.